The Bertz CT molecular complexity index is 607. The highest BCUT2D eigenvalue weighted by molar-refractivity contribution is 5.89. The third-order valence-corrected chi connectivity index (χ3v) is 3.67. The van der Waals surface area contributed by atoms with Crippen LogP contribution < -0.4 is 0 Å². The molecule has 1 N–H and O–H groups in total. The van der Waals surface area contributed by atoms with E-state index in [9.17, 15) is 9.90 Å². The van der Waals surface area contributed by atoms with Gasteiger partial charge in [-0.1, -0.05) is 42.5 Å². The molecular formula is C17H16O3. The fourth-order valence-electron chi connectivity index (χ4n) is 2.57. The van der Waals surface area contributed by atoms with Gasteiger partial charge in [-0.2, -0.15) is 0 Å². The third kappa shape index (κ3) is 2.58. The van der Waals surface area contributed by atoms with Crippen LogP contribution in [0.25, 0.3) is 0 Å². The van der Waals surface area contributed by atoms with E-state index in [2.05, 4.69) is 0 Å². The second-order valence-corrected chi connectivity index (χ2v) is 5.05. The molecule has 2 atom stereocenters. The van der Waals surface area contributed by atoms with Crippen LogP contribution in [0, 0.1) is 0 Å². The highest BCUT2D eigenvalue weighted by Gasteiger charge is 2.29. The van der Waals surface area contributed by atoms with Crippen molar-refractivity contribution < 1.29 is 14.6 Å². The van der Waals surface area contributed by atoms with Crippen molar-refractivity contribution in [2.24, 2.45) is 0 Å². The molecule has 2 aromatic rings. The molecule has 0 heterocycles. The molecule has 0 saturated heterocycles. The summed E-state index contributed by atoms with van der Waals surface area (Å²) in [6.45, 7) is 0. The van der Waals surface area contributed by atoms with E-state index in [1.54, 1.807) is 24.3 Å². The minimum atomic E-state index is -0.641. The average Bonchev–Trinajstić information content (AvgIpc) is 2.49. The van der Waals surface area contributed by atoms with Crippen molar-refractivity contribution in [2.75, 3.05) is 0 Å². The summed E-state index contributed by atoms with van der Waals surface area (Å²) in [6.07, 6.45) is -0.0195. The molecule has 0 amide bonds. The molecule has 2 aromatic carbocycles. The van der Waals surface area contributed by atoms with E-state index in [1.807, 2.05) is 30.3 Å². The minimum absolute atomic E-state index is 0.381. The average molecular weight is 268 g/mol. The number of ether oxygens (including phenoxy) is 1. The van der Waals surface area contributed by atoms with Crippen molar-refractivity contribution in [3.8, 4) is 0 Å². The summed E-state index contributed by atoms with van der Waals surface area (Å²) < 4.78 is 5.46. The van der Waals surface area contributed by atoms with Gasteiger partial charge in [0.25, 0.3) is 0 Å². The topological polar surface area (TPSA) is 46.5 Å². The molecule has 0 saturated carbocycles. The molecule has 0 spiro atoms. The van der Waals surface area contributed by atoms with Gasteiger partial charge < -0.3 is 9.84 Å². The van der Waals surface area contributed by atoms with E-state index in [0.29, 0.717) is 18.4 Å². The van der Waals surface area contributed by atoms with Gasteiger partial charge in [0, 0.05) is 12.8 Å². The third-order valence-electron chi connectivity index (χ3n) is 3.67. The molecule has 102 valence electrons. The number of rotatable bonds is 2. The SMILES string of the molecule is O=C(O[C@H]1Cc2ccccc2C[C@H]1O)c1ccccc1. The number of hydrogen-bond donors (Lipinski definition) is 1. The summed E-state index contributed by atoms with van der Waals surface area (Å²) in [5, 5.41) is 10.1. The summed E-state index contributed by atoms with van der Waals surface area (Å²) in [5.41, 5.74) is 2.79. The first-order chi connectivity index (χ1) is 9.74. The molecule has 3 heteroatoms. The van der Waals surface area contributed by atoms with E-state index in [1.165, 1.54) is 0 Å². The zero-order chi connectivity index (χ0) is 13.9. The number of fused-ring (bicyclic) bond motifs is 1. The molecule has 20 heavy (non-hydrogen) atoms. The van der Waals surface area contributed by atoms with Crippen molar-refractivity contribution in [3.05, 3.63) is 71.3 Å². The Balaban J connectivity index is 1.74. The van der Waals surface area contributed by atoms with E-state index in [0.717, 1.165) is 11.1 Å². The lowest BCUT2D eigenvalue weighted by molar-refractivity contribution is -0.0215. The summed E-state index contributed by atoms with van der Waals surface area (Å²) >= 11 is 0. The van der Waals surface area contributed by atoms with Crippen LogP contribution in [0.4, 0.5) is 0 Å². The Morgan fingerprint density at radius 2 is 1.55 bits per heavy atom. The number of carbonyl (C=O) groups excluding carboxylic acids is 1. The van der Waals surface area contributed by atoms with Crippen molar-refractivity contribution in [3.63, 3.8) is 0 Å². The first-order valence-electron chi connectivity index (χ1n) is 6.75. The highest BCUT2D eigenvalue weighted by atomic mass is 16.6. The lowest BCUT2D eigenvalue weighted by atomic mass is 9.88. The highest BCUT2D eigenvalue weighted by Crippen LogP contribution is 2.24. The molecule has 0 radical (unpaired) electrons. The fraction of sp³-hybridized carbons (Fsp3) is 0.235. The van der Waals surface area contributed by atoms with Gasteiger partial charge in [0.2, 0.25) is 0 Å². The molecule has 3 nitrogen and oxygen atoms in total. The minimum Gasteiger partial charge on any atom is -0.456 e. The summed E-state index contributed by atoms with van der Waals surface area (Å²) in [6, 6.07) is 16.8. The van der Waals surface area contributed by atoms with Crippen LogP contribution in [0.3, 0.4) is 0 Å². The molecule has 0 aromatic heterocycles. The zero-order valence-electron chi connectivity index (χ0n) is 11.0. The monoisotopic (exact) mass is 268 g/mol. The van der Waals surface area contributed by atoms with Gasteiger partial charge in [-0.05, 0) is 23.3 Å². The van der Waals surface area contributed by atoms with E-state index >= 15 is 0 Å². The van der Waals surface area contributed by atoms with Crippen LogP contribution in [-0.2, 0) is 17.6 Å². The second kappa shape index (κ2) is 5.47. The van der Waals surface area contributed by atoms with Crippen LogP contribution in [0.1, 0.15) is 21.5 Å². The molecule has 3 rings (SSSR count). The molecule has 1 aliphatic rings. The molecule has 0 aliphatic heterocycles. The van der Waals surface area contributed by atoms with Crippen LogP contribution in [-0.4, -0.2) is 23.3 Å². The lowest BCUT2D eigenvalue weighted by Crippen LogP contribution is -2.38. The lowest BCUT2D eigenvalue weighted by Gasteiger charge is -2.29. The Labute approximate surface area is 117 Å². The fourth-order valence-corrected chi connectivity index (χ4v) is 2.57. The van der Waals surface area contributed by atoms with Crippen molar-refractivity contribution in [1.29, 1.82) is 0 Å². The first-order valence-corrected chi connectivity index (χ1v) is 6.75. The van der Waals surface area contributed by atoms with Crippen LogP contribution >= 0.6 is 0 Å². The summed E-state index contributed by atoms with van der Waals surface area (Å²) in [4.78, 5) is 12.0. The van der Waals surface area contributed by atoms with Gasteiger partial charge in [-0.25, -0.2) is 4.79 Å². The maximum atomic E-state index is 12.0. The van der Waals surface area contributed by atoms with Gasteiger partial charge in [0.1, 0.15) is 6.10 Å². The molecule has 0 unspecified atom stereocenters. The first kappa shape index (κ1) is 12.9. The van der Waals surface area contributed by atoms with Crippen molar-refractivity contribution >= 4 is 5.97 Å². The number of aliphatic hydroxyl groups is 1. The number of esters is 1. The number of carbonyl (C=O) groups is 1. The maximum absolute atomic E-state index is 12.0. The van der Waals surface area contributed by atoms with Crippen LogP contribution in [0.5, 0.6) is 0 Å². The second-order valence-electron chi connectivity index (χ2n) is 5.05. The van der Waals surface area contributed by atoms with Gasteiger partial charge >= 0.3 is 5.97 Å². The Morgan fingerprint density at radius 1 is 0.950 bits per heavy atom. The number of benzene rings is 2. The molecule has 0 bridgehead atoms. The Kier molecular flexibility index (Phi) is 3.52. The summed E-state index contributed by atoms with van der Waals surface area (Å²) in [7, 11) is 0. The predicted octanol–water partition coefficient (Wildman–Crippen LogP) is 2.37. The van der Waals surface area contributed by atoms with E-state index in [-0.39, 0.29) is 5.97 Å². The van der Waals surface area contributed by atoms with Gasteiger partial charge in [-0.15, -0.1) is 0 Å². The van der Waals surface area contributed by atoms with Crippen LogP contribution in [0.15, 0.2) is 54.6 Å². The Morgan fingerprint density at radius 3 is 2.25 bits per heavy atom. The maximum Gasteiger partial charge on any atom is 0.338 e. The number of hydrogen-bond acceptors (Lipinski definition) is 3. The van der Waals surface area contributed by atoms with E-state index in [4.69, 9.17) is 4.74 Å². The standard InChI is InChI=1S/C17H16O3/c18-15-10-13-8-4-5-9-14(13)11-16(15)20-17(19)12-6-2-1-3-7-12/h1-9,15-16,18H,10-11H2/t15-,16+/m1/s1. The van der Waals surface area contributed by atoms with Crippen molar-refractivity contribution in [2.45, 2.75) is 25.0 Å². The van der Waals surface area contributed by atoms with Gasteiger partial charge in [-0.3, -0.25) is 0 Å². The quantitative estimate of drug-likeness (QED) is 0.851. The predicted molar refractivity (Wildman–Crippen MR) is 75.5 cm³/mol. The Hall–Kier alpha value is -2.13. The molecule has 0 fully saturated rings. The van der Waals surface area contributed by atoms with E-state index < -0.39 is 12.2 Å². The van der Waals surface area contributed by atoms with Gasteiger partial charge in [0.15, 0.2) is 0 Å². The normalized spacial score (nSPS) is 21.1. The molecular weight excluding hydrogens is 252 g/mol. The summed E-state index contributed by atoms with van der Waals surface area (Å²) in [5.74, 6) is -0.381. The number of aliphatic hydroxyl groups excluding tert-OH is 1. The van der Waals surface area contributed by atoms with Crippen LogP contribution in [0.2, 0.25) is 0 Å². The smallest absolute Gasteiger partial charge is 0.338 e. The van der Waals surface area contributed by atoms with Gasteiger partial charge in [0.05, 0.1) is 11.7 Å². The van der Waals surface area contributed by atoms with Crippen molar-refractivity contribution in [1.82, 2.24) is 0 Å². The molecule has 1 aliphatic carbocycles. The zero-order valence-corrected chi connectivity index (χ0v) is 11.0. The largest absolute Gasteiger partial charge is 0.456 e.